The van der Waals surface area contributed by atoms with E-state index in [1.54, 1.807) is 26.1 Å². The van der Waals surface area contributed by atoms with Crippen molar-refractivity contribution in [1.29, 1.82) is 0 Å². The summed E-state index contributed by atoms with van der Waals surface area (Å²) in [5, 5.41) is 0. The highest BCUT2D eigenvalue weighted by Crippen LogP contribution is 2.30. The molecule has 1 aliphatic heterocycles. The largest absolute Gasteiger partial charge is 0.496 e. The number of unbranched alkanes of at least 4 members (excludes halogenated alkanes) is 3. The Hall–Kier alpha value is -3.35. The molecule has 0 aromatic heterocycles. The first kappa shape index (κ1) is 28.2. The molecule has 2 aromatic carbocycles. The maximum absolute atomic E-state index is 13.3. The van der Waals surface area contributed by atoms with Gasteiger partial charge in [-0.25, -0.2) is 0 Å². The van der Waals surface area contributed by atoms with Gasteiger partial charge in [0.15, 0.2) is 0 Å². The van der Waals surface area contributed by atoms with Crippen LogP contribution in [0.15, 0.2) is 36.4 Å². The minimum absolute atomic E-state index is 0.0592. The van der Waals surface area contributed by atoms with Gasteiger partial charge in [-0.15, -0.1) is 0 Å². The van der Waals surface area contributed by atoms with Crippen LogP contribution in [0, 0.1) is 13.8 Å². The van der Waals surface area contributed by atoms with Crippen LogP contribution in [0.5, 0.6) is 5.75 Å². The molecule has 0 N–H and O–H groups in total. The quantitative estimate of drug-likeness (QED) is 0.427. The molecule has 1 aliphatic rings. The SMILES string of the molecule is CCCCCCN(C)C(=O)CN1CC(=O)N(C)[C@@H](Cc2ccc(-c3cc(C)c(OC)c(C)c3)cc2)C1=O. The van der Waals surface area contributed by atoms with E-state index in [4.69, 9.17) is 4.74 Å². The van der Waals surface area contributed by atoms with Crippen LogP contribution in [0.2, 0.25) is 0 Å². The van der Waals surface area contributed by atoms with E-state index in [9.17, 15) is 14.4 Å². The predicted octanol–water partition coefficient (Wildman–Crippen LogP) is 4.23. The summed E-state index contributed by atoms with van der Waals surface area (Å²) in [6.45, 7) is 6.76. The van der Waals surface area contributed by atoms with Crippen LogP contribution < -0.4 is 4.74 Å². The highest BCUT2D eigenvalue weighted by atomic mass is 16.5. The van der Waals surface area contributed by atoms with Gasteiger partial charge in [0, 0.05) is 27.1 Å². The second-order valence-electron chi connectivity index (χ2n) is 10.1. The third kappa shape index (κ3) is 6.90. The number of hydrogen-bond acceptors (Lipinski definition) is 4. The minimum atomic E-state index is -0.625. The number of methoxy groups -OCH3 is 1. The van der Waals surface area contributed by atoms with Crippen molar-refractivity contribution < 1.29 is 19.1 Å². The molecule has 0 bridgehead atoms. The van der Waals surface area contributed by atoms with Crippen molar-refractivity contribution in [3.8, 4) is 16.9 Å². The fraction of sp³-hybridized carbons (Fsp3) is 0.500. The van der Waals surface area contributed by atoms with Crippen LogP contribution in [-0.4, -0.2) is 79.3 Å². The van der Waals surface area contributed by atoms with Gasteiger partial charge in [0.25, 0.3) is 0 Å². The first-order valence-electron chi connectivity index (χ1n) is 13.2. The van der Waals surface area contributed by atoms with E-state index in [1.165, 1.54) is 9.80 Å². The number of nitrogens with zero attached hydrogens (tertiary/aromatic N) is 3. The summed E-state index contributed by atoms with van der Waals surface area (Å²) in [4.78, 5) is 43.3. The highest BCUT2D eigenvalue weighted by molar-refractivity contribution is 5.97. The summed E-state index contributed by atoms with van der Waals surface area (Å²) in [5.41, 5.74) is 5.30. The molecular weight excluding hydrogens is 466 g/mol. The number of aryl methyl sites for hydroxylation is 2. The fourth-order valence-corrected chi connectivity index (χ4v) is 4.94. The average molecular weight is 508 g/mol. The van der Waals surface area contributed by atoms with Gasteiger partial charge in [0.05, 0.1) is 7.11 Å². The third-order valence-electron chi connectivity index (χ3n) is 7.26. The summed E-state index contributed by atoms with van der Waals surface area (Å²) in [7, 11) is 5.12. The Morgan fingerprint density at radius 1 is 1.03 bits per heavy atom. The molecule has 7 heteroatoms. The molecule has 2 aromatic rings. The smallest absolute Gasteiger partial charge is 0.246 e. The maximum Gasteiger partial charge on any atom is 0.246 e. The second kappa shape index (κ2) is 12.7. The Balaban J connectivity index is 1.67. The fourth-order valence-electron chi connectivity index (χ4n) is 4.94. The van der Waals surface area contributed by atoms with Gasteiger partial charge in [-0.2, -0.15) is 0 Å². The first-order valence-corrected chi connectivity index (χ1v) is 13.2. The Morgan fingerprint density at radius 2 is 1.68 bits per heavy atom. The van der Waals surface area contributed by atoms with Gasteiger partial charge in [0.1, 0.15) is 24.9 Å². The Labute approximate surface area is 221 Å². The highest BCUT2D eigenvalue weighted by Gasteiger charge is 2.38. The van der Waals surface area contributed by atoms with Crippen LogP contribution in [0.4, 0.5) is 0 Å². The standard InChI is InChI=1S/C30H41N3O4/c1-7-8-9-10-15-31(4)27(34)19-33-20-28(35)32(5)26(30(33)36)18-23-11-13-24(14-12-23)25-16-21(2)29(37-6)22(3)17-25/h11-14,16-17,26H,7-10,15,18-20H2,1-6H3/t26-/m0/s1. The molecule has 0 saturated carbocycles. The van der Waals surface area contributed by atoms with Crippen molar-refractivity contribution in [3.63, 3.8) is 0 Å². The number of benzene rings is 2. The lowest BCUT2D eigenvalue weighted by molar-refractivity contribution is -0.156. The summed E-state index contributed by atoms with van der Waals surface area (Å²) in [6.07, 6.45) is 4.72. The lowest BCUT2D eigenvalue weighted by atomic mass is 9.96. The molecule has 200 valence electrons. The van der Waals surface area contributed by atoms with Crippen molar-refractivity contribution in [3.05, 3.63) is 53.1 Å². The number of carbonyl (C=O) groups excluding carboxylic acids is 3. The number of hydrogen-bond donors (Lipinski definition) is 0. The molecule has 7 nitrogen and oxygen atoms in total. The number of piperazine rings is 1. The van der Waals surface area contributed by atoms with Crippen LogP contribution in [0.3, 0.4) is 0 Å². The van der Waals surface area contributed by atoms with Gasteiger partial charge >= 0.3 is 0 Å². The number of carbonyl (C=O) groups is 3. The monoisotopic (exact) mass is 507 g/mol. The van der Waals surface area contributed by atoms with Gasteiger partial charge in [0.2, 0.25) is 17.7 Å². The van der Waals surface area contributed by atoms with Crippen LogP contribution >= 0.6 is 0 Å². The van der Waals surface area contributed by atoms with Gasteiger partial charge in [-0.3, -0.25) is 14.4 Å². The number of ether oxygens (including phenoxy) is 1. The van der Waals surface area contributed by atoms with E-state index in [1.807, 2.05) is 38.1 Å². The molecule has 0 spiro atoms. The summed E-state index contributed by atoms with van der Waals surface area (Å²) in [6, 6.07) is 11.7. The molecule has 3 amide bonds. The Morgan fingerprint density at radius 3 is 2.27 bits per heavy atom. The summed E-state index contributed by atoms with van der Waals surface area (Å²) in [5.74, 6) is 0.439. The van der Waals surface area contributed by atoms with Crippen molar-refractivity contribution >= 4 is 17.7 Å². The molecular formula is C30H41N3O4. The first-order chi connectivity index (χ1) is 17.7. The maximum atomic E-state index is 13.3. The second-order valence-corrected chi connectivity index (χ2v) is 10.1. The number of likely N-dealkylation sites (N-methyl/N-ethyl adjacent to an activating group) is 2. The molecule has 1 saturated heterocycles. The van der Waals surface area contributed by atoms with Crippen LogP contribution in [0.25, 0.3) is 11.1 Å². The van der Waals surface area contributed by atoms with Gasteiger partial charge < -0.3 is 19.4 Å². The topological polar surface area (TPSA) is 70.2 Å². The molecule has 1 atom stereocenters. The van der Waals surface area contributed by atoms with E-state index >= 15 is 0 Å². The minimum Gasteiger partial charge on any atom is -0.496 e. The average Bonchev–Trinajstić information content (AvgIpc) is 2.87. The summed E-state index contributed by atoms with van der Waals surface area (Å²) >= 11 is 0. The number of rotatable bonds is 11. The van der Waals surface area contributed by atoms with Crippen molar-refractivity contribution in [2.45, 2.75) is 58.9 Å². The molecule has 37 heavy (non-hydrogen) atoms. The van der Waals surface area contributed by atoms with Crippen molar-refractivity contribution in [1.82, 2.24) is 14.7 Å². The molecule has 3 rings (SSSR count). The van der Waals surface area contributed by atoms with E-state index in [0.29, 0.717) is 13.0 Å². The Kier molecular flexibility index (Phi) is 9.73. The molecule has 0 unspecified atom stereocenters. The molecule has 1 fully saturated rings. The van der Waals surface area contributed by atoms with Crippen molar-refractivity contribution in [2.75, 3.05) is 40.8 Å². The summed E-state index contributed by atoms with van der Waals surface area (Å²) < 4.78 is 5.48. The van der Waals surface area contributed by atoms with E-state index in [-0.39, 0.29) is 30.8 Å². The van der Waals surface area contributed by atoms with Gasteiger partial charge in [-0.05, 0) is 60.2 Å². The number of amides is 3. The molecule has 1 heterocycles. The van der Waals surface area contributed by atoms with Crippen LogP contribution in [0.1, 0.15) is 49.3 Å². The van der Waals surface area contributed by atoms with E-state index in [0.717, 1.165) is 59.3 Å². The van der Waals surface area contributed by atoms with E-state index in [2.05, 4.69) is 19.1 Å². The zero-order valence-corrected chi connectivity index (χ0v) is 23.2. The lowest BCUT2D eigenvalue weighted by Crippen LogP contribution is -2.60. The zero-order chi connectivity index (χ0) is 27.1. The Bertz CT molecular complexity index is 1090. The van der Waals surface area contributed by atoms with Gasteiger partial charge in [-0.1, -0.05) is 50.5 Å². The lowest BCUT2D eigenvalue weighted by Gasteiger charge is -2.38. The predicted molar refractivity (Wildman–Crippen MR) is 147 cm³/mol. The van der Waals surface area contributed by atoms with Crippen molar-refractivity contribution in [2.24, 2.45) is 0 Å². The van der Waals surface area contributed by atoms with E-state index < -0.39 is 6.04 Å². The van der Waals surface area contributed by atoms with Crippen LogP contribution in [-0.2, 0) is 20.8 Å². The molecule has 0 radical (unpaired) electrons. The molecule has 0 aliphatic carbocycles. The third-order valence-corrected chi connectivity index (χ3v) is 7.26. The normalized spacial score (nSPS) is 15.8. The zero-order valence-electron chi connectivity index (χ0n) is 23.2.